The molecule has 0 N–H and O–H groups in total. The van der Waals surface area contributed by atoms with E-state index in [9.17, 15) is 4.79 Å². The molecular weight excluding hydrogens is 312 g/mol. The molecule has 1 heterocycles. The number of methoxy groups -OCH3 is 1. The van der Waals surface area contributed by atoms with Crippen LogP contribution >= 0.6 is 0 Å². The van der Waals surface area contributed by atoms with Crippen LogP contribution in [0.3, 0.4) is 0 Å². The van der Waals surface area contributed by atoms with Crippen LogP contribution in [0, 0.1) is 12.3 Å². The summed E-state index contributed by atoms with van der Waals surface area (Å²) < 4.78 is 10.4. The van der Waals surface area contributed by atoms with Crippen molar-refractivity contribution in [2.45, 2.75) is 103 Å². The Morgan fingerprint density at radius 2 is 1.52 bits per heavy atom. The van der Waals surface area contributed by atoms with E-state index in [2.05, 4.69) is 5.92 Å². The summed E-state index contributed by atoms with van der Waals surface area (Å²) in [4.78, 5) is 11.8. The van der Waals surface area contributed by atoms with Crippen LogP contribution in [0.15, 0.2) is 11.3 Å². The first-order valence-corrected chi connectivity index (χ1v) is 10.1. The molecular formula is C22H36O3. The molecule has 1 atom stereocenters. The summed E-state index contributed by atoms with van der Waals surface area (Å²) in [5.74, 6) is 3.33. The maximum absolute atomic E-state index is 11.8. The third-order valence-electron chi connectivity index (χ3n) is 4.83. The number of ether oxygens (including phenoxy) is 2. The lowest BCUT2D eigenvalue weighted by atomic mass is 9.99. The van der Waals surface area contributed by atoms with Crippen molar-refractivity contribution in [2.24, 2.45) is 0 Å². The third kappa shape index (κ3) is 9.58. The highest BCUT2D eigenvalue weighted by Gasteiger charge is 2.27. The van der Waals surface area contributed by atoms with Crippen molar-refractivity contribution in [3.8, 4) is 12.3 Å². The Morgan fingerprint density at radius 3 is 1.96 bits per heavy atom. The Hall–Kier alpha value is -1.43. The zero-order chi connectivity index (χ0) is 18.3. The Morgan fingerprint density at radius 1 is 1.04 bits per heavy atom. The molecule has 0 aliphatic carbocycles. The maximum atomic E-state index is 11.8. The molecule has 142 valence electrons. The molecule has 3 nitrogen and oxygen atoms in total. The maximum Gasteiger partial charge on any atom is 0.337 e. The predicted octanol–water partition coefficient (Wildman–Crippen LogP) is 5.93. The van der Waals surface area contributed by atoms with Gasteiger partial charge in [-0.1, -0.05) is 57.8 Å². The van der Waals surface area contributed by atoms with E-state index in [0.29, 0.717) is 0 Å². The van der Waals surface area contributed by atoms with E-state index >= 15 is 0 Å². The van der Waals surface area contributed by atoms with Gasteiger partial charge in [0.15, 0.2) is 0 Å². The highest BCUT2D eigenvalue weighted by Crippen LogP contribution is 2.30. The second-order valence-electron chi connectivity index (χ2n) is 7.12. The molecule has 0 saturated carbocycles. The van der Waals surface area contributed by atoms with Gasteiger partial charge in [-0.3, -0.25) is 0 Å². The Kier molecular flexibility index (Phi) is 11.9. The Balaban J connectivity index is 1.96. The average Bonchev–Trinajstić information content (AvgIpc) is 2.59. The topological polar surface area (TPSA) is 35.5 Å². The summed E-state index contributed by atoms with van der Waals surface area (Å²) in [6, 6.07) is 0. The smallest absolute Gasteiger partial charge is 0.337 e. The number of esters is 1. The van der Waals surface area contributed by atoms with Crippen molar-refractivity contribution in [3.63, 3.8) is 0 Å². The first-order chi connectivity index (χ1) is 12.2. The van der Waals surface area contributed by atoms with Gasteiger partial charge < -0.3 is 9.47 Å². The first-order valence-electron chi connectivity index (χ1n) is 10.1. The summed E-state index contributed by atoms with van der Waals surface area (Å²) in [6.07, 6.45) is 22.0. The Bertz CT molecular complexity index is 437. The highest BCUT2D eigenvalue weighted by atomic mass is 16.5. The molecule has 0 bridgehead atoms. The summed E-state index contributed by atoms with van der Waals surface area (Å²) in [5, 5.41) is 0. The Labute approximate surface area is 154 Å². The lowest BCUT2D eigenvalue weighted by molar-refractivity contribution is -0.137. The van der Waals surface area contributed by atoms with Crippen molar-refractivity contribution >= 4 is 5.97 Å². The number of terminal acetylenes is 1. The third-order valence-corrected chi connectivity index (χ3v) is 4.83. The van der Waals surface area contributed by atoms with Gasteiger partial charge in [0.2, 0.25) is 0 Å². The van der Waals surface area contributed by atoms with E-state index < -0.39 is 0 Å². The molecule has 0 unspecified atom stereocenters. The molecule has 0 amide bonds. The van der Waals surface area contributed by atoms with Crippen LogP contribution in [0.1, 0.15) is 96.8 Å². The lowest BCUT2D eigenvalue weighted by Crippen LogP contribution is -2.25. The fourth-order valence-electron chi connectivity index (χ4n) is 3.29. The van der Waals surface area contributed by atoms with Crippen molar-refractivity contribution in [1.82, 2.24) is 0 Å². The summed E-state index contributed by atoms with van der Waals surface area (Å²) in [6.45, 7) is 2.02. The van der Waals surface area contributed by atoms with Gasteiger partial charge in [-0.2, -0.15) is 0 Å². The minimum Gasteiger partial charge on any atom is -0.494 e. The van der Waals surface area contributed by atoms with Crippen LogP contribution in [-0.2, 0) is 14.3 Å². The first kappa shape index (κ1) is 21.6. The van der Waals surface area contributed by atoms with Crippen molar-refractivity contribution in [1.29, 1.82) is 0 Å². The van der Waals surface area contributed by atoms with Crippen LogP contribution in [0.4, 0.5) is 0 Å². The fourth-order valence-corrected chi connectivity index (χ4v) is 3.29. The van der Waals surface area contributed by atoms with Gasteiger partial charge in [-0.15, -0.1) is 12.3 Å². The number of carbonyl (C=O) groups is 1. The summed E-state index contributed by atoms with van der Waals surface area (Å²) in [5.41, 5.74) is 0.755. The van der Waals surface area contributed by atoms with Crippen molar-refractivity contribution in [3.05, 3.63) is 11.3 Å². The number of carbonyl (C=O) groups excluding carboxylic acids is 1. The van der Waals surface area contributed by atoms with Gasteiger partial charge in [0, 0.05) is 12.8 Å². The second kappa shape index (κ2) is 13.8. The minimum absolute atomic E-state index is 0.218. The molecule has 0 spiro atoms. The van der Waals surface area contributed by atoms with Crippen LogP contribution in [-0.4, -0.2) is 19.2 Å². The monoisotopic (exact) mass is 348 g/mol. The number of hydrogen-bond acceptors (Lipinski definition) is 3. The van der Waals surface area contributed by atoms with E-state index in [1.165, 1.54) is 71.3 Å². The van der Waals surface area contributed by atoms with E-state index in [-0.39, 0.29) is 12.1 Å². The largest absolute Gasteiger partial charge is 0.494 e. The zero-order valence-corrected chi connectivity index (χ0v) is 16.3. The van der Waals surface area contributed by atoms with Gasteiger partial charge >= 0.3 is 5.97 Å². The van der Waals surface area contributed by atoms with E-state index in [1.807, 2.05) is 6.92 Å². The van der Waals surface area contributed by atoms with E-state index in [1.54, 1.807) is 0 Å². The standard InChI is InChI=1S/C22H36O3/c1-4-5-6-7-8-9-10-11-12-13-14-15-16-17-20(22(23)24-3)21-18-19(2)25-21/h1,19H,5-18H2,2-3H3/b21-20-/t19-/m0/s1. The van der Waals surface area contributed by atoms with Gasteiger partial charge in [-0.25, -0.2) is 4.79 Å². The van der Waals surface area contributed by atoms with Gasteiger partial charge in [0.05, 0.1) is 12.7 Å². The molecule has 1 saturated heterocycles. The van der Waals surface area contributed by atoms with Crippen molar-refractivity contribution in [2.75, 3.05) is 7.11 Å². The SMILES string of the molecule is C#CCCCCCCCCCCCCC/C(C(=O)OC)=C1\C[C@H](C)O1. The molecule has 0 aromatic carbocycles. The number of unbranched alkanes of at least 4 members (excludes halogenated alkanes) is 11. The molecule has 1 rings (SSSR count). The van der Waals surface area contributed by atoms with E-state index in [0.717, 1.165) is 37.0 Å². The normalized spacial score (nSPS) is 18.0. The minimum atomic E-state index is -0.218. The molecule has 25 heavy (non-hydrogen) atoms. The quantitative estimate of drug-likeness (QED) is 0.169. The molecule has 0 aromatic rings. The molecule has 1 fully saturated rings. The van der Waals surface area contributed by atoms with Gasteiger partial charge in [0.25, 0.3) is 0 Å². The number of rotatable bonds is 14. The van der Waals surface area contributed by atoms with Crippen LogP contribution in [0.2, 0.25) is 0 Å². The van der Waals surface area contributed by atoms with Crippen LogP contribution in [0.25, 0.3) is 0 Å². The number of hydrogen-bond donors (Lipinski definition) is 0. The fraction of sp³-hybridized carbons (Fsp3) is 0.773. The van der Waals surface area contributed by atoms with E-state index in [4.69, 9.17) is 15.9 Å². The van der Waals surface area contributed by atoms with Crippen molar-refractivity contribution < 1.29 is 14.3 Å². The molecule has 0 aromatic heterocycles. The predicted molar refractivity (Wildman–Crippen MR) is 103 cm³/mol. The summed E-state index contributed by atoms with van der Waals surface area (Å²) >= 11 is 0. The summed E-state index contributed by atoms with van der Waals surface area (Å²) in [7, 11) is 1.44. The highest BCUT2D eigenvalue weighted by molar-refractivity contribution is 5.89. The molecule has 3 heteroatoms. The molecule has 1 aliphatic heterocycles. The zero-order valence-electron chi connectivity index (χ0n) is 16.3. The lowest BCUT2D eigenvalue weighted by Gasteiger charge is -2.29. The average molecular weight is 349 g/mol. The van der Waals surface area contributed by atoms with Gasteiger partial charge in [-0.05, 0) is 26.2 Å². The van der Waals surface area contributed by atoms with Crippen LogP contribution in [0.5, 0.6) is 0 Å². The molecule has 1 aliphatic rings. The second-order valence-corrected chi connectivity index (χ2v) is 7.12. The van der Waals surface area contributed by atoms with Crippen LogP contribution < -0.4 is 0 Å². The van der Waals surface area contributed by atoms with Gasteiger partial charge in [0.1, 0.15) is 11.9 Å². The molecule has 0 radical (unpaired) electrons.